The monoisotopic (exact) mass is 503 g/mol. The lowest BCUT2D eigenvalue weighted by atomic mass is 9.83. The third-order valence-electron chi connectivity index (χ3n) is 7.24. The molecule has 8 heteroatoms. The fraction of sp³-hybridized carbons (Fsp3) is 0.414. The average Bonchev–Trinajstić information content (AvgIpc) is 3.65. The highest BCUT2D eigenvalue weighted by atomic mass is 19.1. The minimum absolute atomic E-state index is 0.108. The van der Waals surface area contributed by atoms with Gasteiger partial charge in [0, 0.05) is 36.7 Å². The highest BCUT2D eigenvalue weighted by Gasteiger charge is 2.56. The van der Waals surface area contributed by atoms with E-state index < -0.39 is 11.3 Å². The van der Waals surface area contributed by atoms with Gasteiger partial charge in [0.25, 0.3) is 0 Å². The Morgan fingerprint density at radius 3 is 2.76 bits per heavy atom. The molecule has 2 atom stereocenters. The fourth-order valence-corrected chi connectivity index (χ4v) is 4.98. The predicted octanol–water partition coefficient (Wildman–Crippen LogP) is 3.87. The van der Waals surface area contributed by atoms with Crippen molar-refractivity contribution in [3.63, 3.8) is 0 Å². The van der Waals surface area contributed by atoms with E-state index in [9.17, 15) is 19.2 Å². The molecular weight excluding hydrogens is 469 g/mol. The van der Waals surface area contributed by atoms with Crippen molar-refractivity contribution in [1.82, 2.24) is 15.5 Å². The summed E-state index contributed by atoms with van der Waals surface area (Å²) < 4.78 is 14.3. The number of benzene rings is 1. The normalized spacial score (nSPS) is 23.1. The Morgan fingerprint density at radius 2 is 2.14 bits per heavy atom. The molecule has 0 aromatic heterocycles. The molecule has 1 aromatic carbocycles. The minimum atomic E-state index is -0.978. The maximum Gasteiger partial charge on any atom is 0.247 e. The minimum Gasteiger partial charge on any atom is -0.402 e. The van der Waals surface area contributed by atoms with E-state index in [1.165, 1.54) is 12.1 Å². The van der Waals surface area contributed by atoms with Crippen molar-refractivity contribution >= 4 is 17.4 Å². The number of likely N-dealkylation sites (tertiary alicyclic amines) is 1. The fourth-order valence-electron chi connectivity index (χ4n) is 4.98. The lowest BCUT2D eigenvalue weighted by Crippen LogP contribution is -2.35. The summed E-state index contributed by atoms with van der Waals surface area (Å²) >= 11 is 0. The Labute approximate surface area is 217 Å². The van der Waals surface area contributed by atoms with Crippen molar-refractivity contribution in [2.24, 2.45) is 23.0 Å². The van der Waals surface area contributed by atoms with Gasteiger partial charge in [0.2, 0.25) is 11.8 Å². The van der Waals surface area contributed by atoms with Crippen molar-refractivity contribution in [2.75, 3.05) is 13.1 Å². The van der Waals surface area contributed by atoms with Gasteiger partial charge in [-0.15, -0.1) is 0 Å². The average molecular weight is 504 g/mol. The van der Waals surface area contributed by atoms with E-state index in [4.69, 9.17) is 5.73 Å². The van der Waals surface area contributed by atoms with Crippen LogP contribution in [0, 0.1) is 34.4 Å². The van der Waals surface area contributed by atoms with Gasteiger partial charge in [0.1, 0.15) is 11.2 Å². The molecule has 37 heavy (non-hydrogen) atoms. The first kappa shape index (κ1) is 26.2. The number of halogens is 1. The van der Waals surface area contributed by atoms with Gasteiger partial charge in [-0.25, -0.2) is 4.39 Å². The highest BCUT2D eigenvalue weighted by Crippen LogP contribution is 2.52. The van der Waals surface area contributed by atoms with Gasteiger partial charge in [-0.1, -0.05) is 13.0 Å². The first-order valence-corrected chi connectivity index (χ1v) is 12.7. The Hall–Kier alpha value is -3.86. The molecule has 2 aliphatic heterocycles. The molecule has 0 bridgehead atoms. The largest absolute Gasteiger partial charge is 0.402 e. The summed E-state index contributed by atoms with van der Waals surface area (Å²) in [5.41, 5.74) is 9.42. The van der Waals surface area contributed by atoms with Gasteiger partial charge < -0.3 is 21.3 Å². The molecule has 1 saturated carbocycles. The van der Waals surface area contributed by atoms with Crippen molar-refractivity contribution in [3.8, 4) is 6.07 Å². The summed E-state index contributed by atoms with van der Waals surface area (Å²) in [5.74, 6) is -1.31. The van der Waals surface area contributed by atoms with Gasteiger partial charge >= 0.3 is 0 Å². The van der Waals surface area contributed by atoms with Crippen LogP contribution in [0.3, 0.4) is 0 Å². The maximum absolute atomic E-state index is 14.3. The van der Waals surface area contributed by atoms with Gasteiger partial charge in [-0.3, -0.25) is 9.59 Å². The number of nitrogens with two attached hydrogens (primary N) is 1. The molecule has 4 rings (SSSR count). The maximum atomic E-state index is 14.3. The number of carbonyl (C=O) groups excluding carboxylic acids is 2. The number of hydrogen-bond donors (Lipinski definition) is 3. The molecule has 7 nitrogen and oxygen atoms in total. The van der Waals surface area contributed by atoms with Crippen LogP contribution in [0.5, 0.6) is 0 Å². The second-order valence-electron chi connectivity index (χ2n) is 10.3. The summed E-state index contributed by atoms with van der Waals surface area (Å²) in [4.78, 5) is 27.8. The lowest BCUT2D eigenvalue weighted by Gasteiger charge is -2.23. The molecule has 0 radical (unpaired) electrons. The lowest BCUT2D eigenvalue weighted by molar-refractivity contribution is -0.132. The zero-order valence-electron chi connectivity index (χ0n) is 21.6. The number of nitrogens with one attached hydrogen (secondary N) is 2. The Bertz CT molecular complexity index is 1260. The third-order valence-corrected chi connectivity index (χ3v) is 7.24. The Kier molecular flexibility index (Phi) is 7.53. The SMILES string of the molecule is CC1=CC=C(c2cc(F)cc(CNC(=O)C(C)/C=C(\C=C(\C)N)N3CCC(C#N)(C4CC4)C3=O)c2)CN1. The second kappa shape index (κ2) is 10.6. The summed E-state index contributed by atoms with van der Waals surface area (Å²) in [6.45, 7) is 6.61. The second-order valence-corrected chi connectivity index (χ2v) is 10.3. The van der Waals surface area contributed by atoms with Crippen LogP contribution in [-0.2, 0) is 16.1 Å². The highest BCUT2D eigenvalue weighted by molar-refractivity contribution is 5.90. The van der Waals surface area contributed by atoms with E-state index in [2.05, 4.69) is 16.7 Å². The molecule has 1 saturated heterocycles. The van der Waals surface area contributed by atoms with Crippen LogP contribution in [0.2, 0.25) is 0 Å². The van der Waals surface area contributed by atoms with Crippen LogP contribution < -0.4 is 16.4 Å². The van der Waals surface area contributed by atoms with Crippen LogP contribution >= 0.6 is 0 Å². The smallest absolute Gasteiger partial charge is 0.247 e. The number of nitrogens with zero attached hydrogens (tertiary/aromatic N) is 2. The molecule has 4 N–H and O–H groups in total. The van der Waals surface area contributed by atoms with Crippen molar-refractivity contribution in [3.05, 3.63) is 76.5 Å². The Balaban J connectivity index is 1.47. The van der Waals surface area contributed by atoms with Gasteiger partial charge in [-0.2, -0.15) is 5.26 Å². The molecule has 1 aromatic rings. The molecule has 1 aliphatic carbocycles. The van der Waals surface area contributed by atoms with Crippen LogP contribution in [0.1, 0.15) is 51.2 Å². The van der Waals surface area contributed by atoms with E-state index >= 15 is 0 Å². The first-order chi connectivity index (χ1) is 17.6. The molecule has 2 amide bonds. The topological polar surface area (TPSA) is 111 Å². The van der Waals surface area contributed by atoms with E-state index in [1.54, 1.807) is 30.9 Å². The molecule has 2 unspecified atom stereocenters. The van der Waals surface area contributed by atoms with E-state index in [1.807, 2.05) is 25.1 Å². The zero-order valence-corrected chi connectivity index (χ0v) is 21.6. The molecule has 2 fully saturated rings. The number of carbonyl (C=O) groups is 2. The van der Waals surface area contributed by atoms with Crippen molar-refractivity contribution in [2.45, 2.75) is 46.6 Å². The standard InChI is InChI=1S/C29H34FN5O2/c1-18(10-26(11-19(2)32)35-9-8-29(17-31,28(35)37)24-6-7-24)27(36)34-15-21-12-23(14-25(30)13-21)22-5-4-20(3)33-16-22/h4-5,10-14,18,24,33H,6-9,15-16,32H2,1-3H3,(H,34,36)/b19-11-,26-10+. The number of hydrogen-bond acceptors (Lipinski definition) is 5. The first-order valence-electron chi connectivity index (χ1n) is 12.7. The van der Waals surface area contributed by atoms with Crippen LogP contribution in [0.25, 0.3) is 5.57 Å². The zero-order chi connectivity index (χ0) is 26.7. The van der Waals surface area contributed by atoms with Gasteiger partial charge in [-0.05, 0) is 92.2 Å². The summed E-state index contributed by atoms with van der Waals surface area (Å²) in [7, 11) is 0. The molecule has 3 aliphatic rings. The Morgan fingerprint density at radius 1 is 1.38 bits per heavy atom. The van der Waals surface area contributed by atoms with Gasteiger partial charge in [0.05, 0.1) is 12.0 Å². The number of dihydropyridines is 1. The summed E-state index contributed by atoms with van der Waals surface area (Å²) in [6, 6.07) is 7.06. The number of allylic oxidation sites excluding steroid dienone is 5. The van der Waals surface area contributed by atoms with E-state index in [0.29, 0.717) is 36.5 Å². The van der Waals surface area contributed by atoms with Gasteiger partial charge in [0.15, 0.2) is 0 Å². The molecule has 194 valence electrons. The summed E-state index contributed by atoms with van der Waals surface area (Å²) in [5, 5.41) is 15.9. The molecule has 0 spiro atoms. The number of amides is 2. The quantitative estimate of drug-likeness (QED) is 0.467. The third kappa shape index (κ3) is 5.77. The predicted molar refractivity (Wildman–Crippen MR) is 140 cm³/mol. The van der Waals surface area contributed by atoms with E-state index in [0.717, 1.165) is 29.7 Å². The van der Waals surface area contributed by atoms with Crippen LogP contribution in [-0.4, -0.2) is 29.8 Å². The van der Waals surface area contributed by atoms with Crippen LogP contribution in [0.15, 0.2) is 59.6 Å². The molecule has 2 heterocycles. The van der Waals surface area contributed by atoms with Crippen molar-refractivity contribution in [1.29, 1.82) is 5.26 Å². The summed E-state index contributed by atoms with van der Waals surface area (Å²) in [6.07, 6.45) is 9.55. The molecular formula is C29H34FN5O2. The van der Waals surface area contributed by atoms with Crippen LogP contribution in [0.4, 0.5) is 4.39 Å². The van der Waals surface area contributed by atoms with E-state index in [-0.39, 0.29) is 30.1 Å². The number of nitriles is 1. The van der Waals surface area contributed by atoms with Crippen molar-refractivity contribution < 1.29 is 14.0 Å². The number of rotatable bonds is 8.